The minimum absolute atomic E-state index is 0.0781. The quantitative estimate of drug-likeness (QED) is 0.640. The maximum atomic E-state index is 11.5. The topological polar surface area (TPSA) is 38.3 Å². The molecule has 0 bridgehead atoms. The normalized spacial score (nSPS) is 11.3. The molecule has 0 spiro atoms. The highest BCUT2D eigenvalue weighted by Gasteiger charge is 2.28. The van der Waals surface area contributed by atoms with E-state index in [1.54, 1.807) is 7.11 Å². The molecule has 1 amide bonds. The average molecular weight is 173 g/mol. The van der Waals surface area contributed by atoms with Crippen molar-refractivity contribution < 1.29 is 9.53 Å². The zero-order valence-electron chi connectivity index (χ0n) is 8.44. The van der Waals surface area contributed by atoms with Crippen LogP contribution in [0.15, 0.2) is 0 Å². The Morgan fingerprint density at radius 3 is 2.25 bits per heavy atom. The molecule has 0 rings (SSSR count). The molecule has 0 fully saturated rings. The molecule has 0 heterocycles. The van der Waals surface area contributed by atoms with Gasteiger partial charge >= 0.3 is 0 Å². The summed E-state index contributed by atoms with van der Waals surface area (Å²) in [5, 5.41) is 2.71. The molecule has 3 heteroatoms. The maximum absolute atomic E-state index is 11.5. The smallest absolute Gasteiger partial charge is 0.227 e. The number of hydrogen-bond donors (Lipinski definition) is 1. The first kappa shape index (κ1) is 11.4. The van der Waals surface area contributed by atoms with Gasteiger partial charge in [0.25, 0.3) is 0 Å². The molecule has 0 aromatic rings. The molecule has 0 atom stereocenters. The van der Waals surface area contributed by atoms with Crippen molar-refractivity contribution in [1.29, 1.82) is 0 Å². The predicted octanol–water partition coefficient (Wildman–Crippen LogP) is 1.53. The van der Waals surface area contributed by atoms with E-state index in [2.05, 4.69) is 5.32 Å². The van der Waals surface area contributed by atoms with Gasteiger partial charge in [0.2, 0.25) is 5.91 Å². The Morgan fingerprint density at radius 2 is 1.92 bits per heavy atom. The van der Waals surface area contributed by atoms with Crippen molar-refractivity contribution in [2.45, 2.75) is 33.6 Å². The van der Waals surface area contributed by atoms with Crippen LogP contribution in [0.2, 0.25) is 0 Å². The number of carbonyl (C=O) groups is 1. The summed E-state index contributed by atoms with van der Waals surface area (Å²) in [4.78, 5) is 11.5. The first-order valence-electron chi connectivity index (χ1n) is 4.38. The third kappa shape index (κ3) is 2.81. The van der Waals surface area contributed by atoms with Crippen LogP contribution in [-0.2, 0) is 9.53 Å². The molecule has 3 nitrogen and oxygen atoms in total. The summed E-state index contributed by atoms with van der Waals surface area (Å²) in [6.07, 6.45) is 1.72. The Kier molecular flexibility index (Phi) is 4.90. The van der Waals surface area contributed by atoms with E-state index in [-0.39, 0.29) is 11.3 Å². The second-order valence-corrected chi connectivity index (χ2v) is 3.21. The Hall–Kier alpha value is -0.570. The van der Waals surface area contributed by atoms with Gasteiger partial charge in [-0.05, 0) is 12.8 Å². The third-order valence-corrected chi connectivity index (χ3v) is 2.49. The molecule has 0 aliphatic heterocycles. The van der Waals surface area contributed by atoms with Gasteiger partial charge in [-0.1, -0.05) is 20.8 Å². The lowest BCUT2D eigenvalue weighted by Gasteiger charge is -2.24. The Bertz CT molecular complexity index is 141. The Labute approximate surface area is 74.5 Å². The van der Waals surface area contributed by atoms with Gasteiger partial charge in [-0.25, -0.2) is 0 Å². The van der Waals surface area contributed by atoms with Crippen LogP contribution in [0.1, 0.15) is 33.6 Å². The molecule has 72 valence electrons. The zero-order chi connectivity index (χ0) is 9.61. The number of nitrogens with one attached hydrogen (secondary N) is 1. The lowest BCUT2D eigenvalue weighted by molar-refractivity contribution is -0.132. The van der Waals surface area contributed by atoms with E-state index < -0.39 is 0 Å². The molecule has 1 N–H and O–H groups in total. The van der Waals surface area contributed by atoms with E-state index in [9.17, 15) is 4.79 Å². The lowest BCUT2D eigenvalue weighted by atomic mass is 9.84. The van der Waals surface area contributed by atoms with Gasteiger partial charge in [-0.15, -0.1) is 0 Å². The molecule has 0 aliphatic rings. The van der Waals surface area contributed by atoms with Crippen LogP contribution < -0.4 is 5.32 Å². The zero-order valence-corrected chi connectivity index (χ0v) is 8.44. The predicted molar refractivity (Wildman–Crippen MR) is 48.7 cm³/mol. The largest absolute Gasteiger partial charge is 0.364 e. The fourth-order valence-corrected chi connectivity index (χ4v) is 0.922. The first-order valence-corrected chi connectivity index (χ1v) is 4.38. The van der Waals surface area contributed by atoms with Crippen LogP contribution in [0.3, 0.4) is 0 Å². The molecule has 0 saturated carbocycles. The van der Waals surface area contributed by atoms with E-state index in [0.717, 1.165) is 12.8 Å². The highest BCUT2D eigenvalue weighted by Crippen LogP contribution is 2.24. The summed E-state index contributed by atoms with van der Waals surface area (Å²) in [5.41, 5.74) is -0.238. The van der Waals surface area contributed by atoms with Crippen LogP contribution in [0, 0.1) is 5.41 Å². The second kappa shape index (κ2) is 5.14. The third-order valence-electron chi connectivity index (χ3n) is 2.49. The van der Waals surface area contributed by atoms with Crippen molar-refractivity contribution in [2.75, 3.05) is 13.8 Å². The van der Waals surface area contributed by atoms with Gasteiger partial charge in [0, 0.05) is 12.5 Å². The lowest BCUT2D eigenvalue weighted by Crippen LogP contribution is -2.39. The van der Waals surface area contributed by atoms with E-state index in [1.165, 1.54) is 0 Å². The van der Waals surface area contributed by atoms with E-state index >= 15 is 0 Å². The van der Waals surface area contributed by atoms with Crippen molar-refractivity contribution in [3.63, 3.8) is 0 Å². The molecule has 12 heavy (non-hydrogen) atoms. The number of ether oxygens (including phenoxy) is 1. The van der Waals surface area contributed by atoms with Crippen molar-refractivity contribution in [3.05, 3.63) is 0 Å². The highest BCUT2D eigenvalue weighted by atomic mass is 16.5. The standard InChI is InChI=1S/C9H19NO2/c1-5-9(3,6-2)8(11)10-7-12-4/h5-7H2,1-4H3,(H,10,11). The van der Waals surface area contributed by atoms with Gasteiger partial charge in [0.15, 0.2) is 0 Å². The molecule has 0 saturated heterocycles. The Morgan fingerprint density at radius 1 is 1.42 bits per heavy atom. The van der Waals surface area contributed by atoms with Crippen LogP contribution in [-0.4, -0.2) is 19.7 Å². The summed E-state index contributed by atoms with van der Waals surface area (Å²) in [7, 11) is 1.56. The fourth-order valence-electron chi connectivity index (χ4n) is 0.922. The van der Waals surface area contributed by atoms with Crippen molar-refractivity contribution in [2.24, 2.45) is 5.41 Å². The number of hydrogen-bond acceptors (Lipinski definition) is 2. The molecule has 0 aromatic heterocycles. The van der Waals surface area contributed by atoms with Crippen LogP contribution in [0.5, 0.6) is 0 Å². The molecule has 0 radical (unpaired) electrons. The van der Waals surface area contributed by atoms with E-state index in [0.29, 0.717) is 6.73 Å². The van der Waals surface area contributed by atoms with Gasteiger partial charge in [0.1, 0.15) is 6.73 Å². The molecular formula is C9H19NO2. The summed E-state index contributed by atoms with van der Waals surface area (Å²) < 4.78 is 4.76. The van der Waals surface area contributed by atoms with E-state index in [4.69, 9.17) is 4.74 Å². The molecule has 0 aliphatic carbocycles. The average Bonchev–Trinajstić information content (AvgIpc) is 2.12. The van der Waals surface area contributed by atoms with Crippen molar-refractivity contribution in [1.82, 2.24) is 5.32 Å². The van der Waals surface area contributed by atoms with Crippen LogP contribution >= 0.6 is 0 Å². The maximum Gasteiger partial charge on any atom is 0.227 e. The summed E-state index contributed by atoms with van der Waals surface area (Å²) in [6, 6.07) is 0. The number of rotatable bonds is 5. The second-order valence-electron chi connectivity index (χ2n) is 3.21. The summed E-state index contributed by atoms with van der Waals surface area (Å²) in [6.45, 7) is 6.32. The van der Waals surface area contributed by atoms with Crippen molar-refractivity contribution >= 4 is 5.91 Å². The number of amides is 1. The van der Waals surface area contributed by atoms with Crippen LogP contribution in [0.4, 0.5) is 0 Å². The van der Waals surface area contributed by atoms with Gasteiger partial charge < -0.3 is 10.1 Å². The van der Waals surface area contributed by atoms with E-state index in [1.807, 2.05) is 20.8 Å². The monoisotopic (exact) mass is 173 g/mol. The fraction of sp³-hybridized carbons (Fsp3) is 0.889. The van der Waals surface area contributed by atoms with Crippen molar-refractivity contribution in [3.8, 4) is 0 Å². The minimum Gasteiger partial charge on any atom is -0.364 e. The first-order chi connectivity index (χ1) is 5.60. The van der Waals surface area contributed by atoms with Crippen LogP contribution in [0.25, 0.3) is 0 Å². The molecule has 0 aromatic carbocycles. The van der Waals surface area contributed by atoms with Gasteiger partial charge in [-0.2, -0.15) is 0 Å². The summed E-state index contributed by atoms with van der Waals surface area (Å²) >= 11 is 0. The Balaban J connectivity index is 4.03. The van der Waals surface area contributed by atoms with Gasteiger partial charge in [-0.3, -0.25) is 4.79 Å². The molecular weight excluding hydrogens is 154 g/mol. The highest BCUT2D eigenvalue weighted by molar-refractivity contribution is 5.81. The summed E-state index contributed by atoms with van der Waals surface area (Å²) in [5.74, 6) is 0.0781. The SMILES string of the molecule is CCC(C)(CC)C(=O)NCOC. The van der Waals surface area contributed by atoms with Gasteiger partial charge in [0.05, 0.1) is 0 Å². The number of carbonyl (C=O) groups excluding carboxylic acids is 1. The number of methoxy groups -OCH3 is 1. The minimum atomic E-state index is -0.238. The molecule has 0 unspecified atom stereocenters.